The number of fused-ring (bicyclic) bond motifs is 1. The molecule has 0 aliphatic carbocycles. The van der Waals surface area contributed by atoms with Crippen LogP contribution in [0.1, 0.15) is 10.4 Å². The van der Waals surface area contributed by atoms with Gasteiger partial charge in [-0.05, 0) is 24.3 Å². The Morgan fingerprint density at radius 3 is 2.40 bits per heavy atom. The van der Waals surface area contributed by atoms with Gasteiger partial charge in [0, 0.05) is 28.1 Å². The zero-order valence-electron chi connectivity index (χ0n) is 15.3. The van der Waals surface area contributed by atoms with Gasteiger partial charge in [-0.25, -0.2) is 4.98 Å². The van der Waals surface area contributed by atoms with Crippen LogP contribution in [0.5, 0.6) is 0 Å². The van der Waals surface area contributed by atoms with Gasteiger partial charge in [0.2, 0.25) is 0 Å². The SMILES string of the molecule is O=C(Nc1ccc([N+](=O)[O-])cc1Cl)c1cc(-c2ccccc2Cl)nc2ccccc12. The molecule has 0 bridgehead atoms. The first-order valence-corrected chi connectivity index (χ1v) is 9.59. The molecule has 0 saturated heterocycles. The number of halogens is 2. The predicted octanol–water partition coefficient (Wildman–Crippen LogP) is 6.37. The summed E-state index contributed by atoms with van der Waals surface area (Å²) >= 11 is 12.4. The molecule has 4 aromatic rings. The maximum Gasteiger partial charge on any atom is 0.271 e. The number of carbonyl (C=O) groups excluding carboxylic acids is 1. The summed E-state index contributed by atoms with van der Waals surface area (Å²) in [4.78, 5) is 28.1. The Morgan fingerprint density at radius 1 is 0.933 bits per heavy atom. The number of nitro groups is 1. The van der Waals surface area contributed by atoms with Crippen molar-refractivity contribution in [2.24, 2.45) is 0 Å². The van der Waals surface area contributed by atoms with Gasteiger partial charge in [-0.3, -0.25) is 14.9 Å². The van der Waals surface area contributed by atoms with Gasteiger partial charge in [-0.15, -0.1) is 0 Å². The van der Waals surface area contributed by atoms with E-state index in [-0.39, 0.29) is 16.4 Å². The van der Waals surface area contributed by atoms with E-state index in [1.165, 1.54) is 18.2 Å². The Morgan fingerprint density at radius 2 is 1.67 bits per heavy atom. The maximum absolute atomic E-state index is 13.1. The Bertz CT molecular complexity index is 1310. The van der Waals surface area contributed by atoms with Gasteiger partial charge >= 0.3 is 0 Å². The molecule has 0 saturated carbocycles. The van der Waals surface area contributed by atoms with Crippen LogP contribution in [-0.2, 0) is 0 Å². The van der Waals surface area contributed by atoms with Gasteiger partial charge in [0.05, 0.1) is 32.4 Å². The monoisotopic (exact) mass is 437 g/mol. The van der Waals surface area contributed by atoms with Crippen LogP contribution in [0.2, 0.25) is 10.0 Å². The molecular formula is C22H13Cl2N3O3. The fourth-order valence-electron chi connectivity index (χ4n) is 3.08. The number of carbonyl (C=O) groups is 1. The minimum atomic E-state index is -0.552. The summed E-state index contributed by atoms with van der Waals surface area (Å²) in [5, 5.41) is 14.9. The molecule has 1 heterocycles. The number of aromatic nitrogens is 1. The molecule has 30 heavy (non-hydrogen) atoms. The third-order valence-electron chi connectivity index (χ3n) is 4.52. The Labute approximate surface area is 181 Å². The molecule has 3 aromatic carbocycles. The molecule has 0 fully saturated rings. The number of nitrogens with zero attached hydrogens (tertiary/aromatic N) is 2. The topological polar surface area (TPSA) is 85.1 Å². The zero-order chi connectivity index (χ0) is 21.3. The van der Waals surface area contributed by atoms with E-state index in [4.69, 9.17) is 23.2 Å². The highest BCUT2D eigenvalue weighted by Gasteiger charge is 2.17. The summed E-state index contributed by atoms with van der Waals surface area (Å²) in [6.07, 6.45) is 0. The van der Waals surface area contributed by atoms with Crippen molar-refractivity contribution >= 4 is 51.4 Å². The van der Waals surface area contributed by atoms with Gasteiger partial charge in [0.15, 0.2) is 0 Å². The summed E-state index contributed by atoms with van der Waals surface area (Å²) in [7, 11) is 0. The number of para-hydroxylation sites is 1. The first kappa shape index (κ1) is 19.8. The summed E-state index contributed by atoms with van der Waals surface area (Å²) in [6.45, 7) is 0. The average Bonchev–Trinajstić information content (AvgIpc) is 2.74. The summed E-state index contributed by atoms with van der Waals surface area (Å²) in [6, 6.07) is 20.0. The summed E-state index contributed by atoms with van der Waals surface area (Å²) < 4.78 is 0. The second kappa shape index (κ2) is 8.10. The lowest BCUT2D eigenvalue weighted by Gasteiger charge is -2.12. The highest BCUT2D eigenvalue weighted by molar-refractivity contribution is 6.34. The average molecular weight is 438 g/mol. The van der Waals surface area contributed by atoms with Crippen molar-refractivity contribution in [1.82, 2.24) is 4.98 Å². The van der Waals surface area contributed by atoms with Crippen molar-refractivity contribution in [3.63, 3.8) is 0 Å². The van der Waals surface area contributed by atoms with Crippen LogP contribution in [0.15, 0.2) is 72.8 Å². The van der Waals surface area contributed by atoms with E-state index in [2.05, 4.69) is 10.3 Å². The lowest BCUT2D eigenvalue weighted by atomic mass is 10.0. The predicted molar refractivity (Wildman–Crippen MR) is 118 cm³/mol. The van der Waals surface area contributed by atoms with Gasteiger partial charge in [-0.1, -0.05) is 59.6 Å². The van der Waals surface area contributed by atoms with Crippen LogP contribution in [0, 0.1) is 10.1 Å². The van der Waals surface area contributed by atoms with Crippen LogP contribution in [0.25, 0.3) is 22.2 Å². The number of nitro benzene ring substituents is 1. The molecule has 1 aromatic heterocycles. The van der Waals surface area contributed by atoms with Gasteiger partial charge in [0.25, 0.3) is 11.6 Å². The number of hydrogen-bond donors (Lipinski definition) is 1. The minimum absolute atomic E-state index is 0.0715. The molecule has 0 aliphatic heterocycles. The molecule has 6 nitrogen and oxygen atoms in total. The van der Waals surface area contributed by atoms with E-state index in [0.29, 0.717) is 32.7 Å². The van der Waals surface area contributed by atoms with Gasteiger partial charge < -0.3 is 5.32 Å². The standard InChI is InChI=1S/C22H13Cl2N3O3/c23-17-7-3-1-6-15(17)21-12-16(14-5-2-4-8-19(14)25-21)22(28)26-20-10-9-13(27(29)30)11-18(20)24/h1-12H,(H,26,28). The van der Waals surface area contributed by atoms with Crippen molar-refractivity contribution in [1.29, 1.82) is 0 Å². The molecule has 1 amide bonds. The molecular weight excluding hydrogens is 425 g/mol. The smallest absolute Gasteiger partial charge is 0.271 e. The quantitative estimate of drug-likeness (QED) is 0.296. The molecule has 0 spiro atoms. The Balaban J connectivity index is 1.79. The first-order valence-electron chi connectivity index (χ1n) is 8.84. The second-order valence-corrected chi connectivity index (χ2v) is 7.24. The molecule has 1 N–H and O–H groups in total. The number of amides is 1. The number of rotatable bonds is 4. The normalized spacial score (nSPS) is 10.7. The molecule has 0 aliphatic rings. The molecule has 8 heteroatoms. The largest absolute Gasteiger partial charge is 0.321 e. The molecule has 4 rings (SSSR count). The highest BCUT2D eigenvalue weighted by Crippen LogP contribution is 2.31. The molecule has 0 unspecified atom stereocenters. The minimum Gasteiger partial charge on any atom is -0.321 e. The maximum atomic E-state index is 13.1. The van der Waals surface area contributed by atoms with E-state index in [0.717, 1.165) is 0 Å². The zero-order valence-corrected chi connectivity index (χ0v) is 16.8. The van der Waals surface area contributed by atoms with E-state index >= 15 is 0 Å². The van der Waals surface area contributed by atoms with Crippen molar-refractivity contribution in [3.05, 3.63) is 98.5 Å². The third-order valence-corrected chi connectivity index (χ3v) is 5.16. The number of non-ortho nitro benzene ring substituents is 1. The summed E-state index contributed by atoms with van der Waals surface area (Å²) in [5.41, 5.74) is 2.38. The lowest BCUT2D eigenvalue weighted by Crippen LogP contribution is -2.13. The van der Waals surface area contributed by atoms with Crippen molar-refractivity contribution in [2.45, 2.75) is 0 Å². The molecule has 0 atom stereocenters. The summed E-state index contributed by atoms with van der Waals surface area (Å²) in [5.74, 6) is -0.419. The van der Waals surface area contributed by atoms with E-state index in [1.807, 2.05) is 36.4 Å². The Hall–Kier alpha value is -3.48. The van der Waals surface area contributed by atoms with E-state index in [1.54, 1.807) is 18.2 Å². The second-order valence-electron chi connectivity index (χ2n) is 6.43. The molecule has 148 valence electrons. The van der Waals surface area contributed by atoms with Gasteiger partial charge in [0.1, 0.15) is 0 Å². The van der Waals surface area contributed by atoms with Crippen molar-refractivity contribution in [2.75, 3.05) is 5.32 Å². The third kappa shape index (κ3) is 3.83. The van der Waals surface area contributed by atoms with Crippen LogP contribution < -0.4 is 5.32 Å². The van der Waals surface area contributed by atoms with Crippen molar-refractivity contribution in [3.8, 4) is 11.3 Å². The highest BCUT2D eigenvalue weighted by atomic mass is 35.5. The van der Waals surface area contributed by atoms with Crippen LogP contribution in [-0.4, -0.2) is 15.8 Å². The fourth-order valence-corrected chi connectivity index (χ4v) is 3.53. The lowest BCUT2D eigenvalue weighted by molar-refractivity contribution is -0.384. The number of nitrogens with one attached hydrogen (secondary N) is 1. The van der Waals surface area contributed by atoms with Crippen molar-refractivity contribution < 1.29 is 9.72 Å². The fraction of sp³-hybridized carbons (Fsp3) is 0. The van der Waals surface area contributed by atoms with Crippen LogP contribution in [0.4, 0.5) is 11.4 Å². The van der Waals surface area contributed by atoms with E-state index < -0.39 is 10.8 Å². The number of pyridine rings is 1. The number of hydrogen-bond acceptors (Lipinski definition) is 4. The Kier molecular flexibility index (Phi) is 5.35. The van der Waals surface area contributed by atoms with Gasteiger partial charge in [-0.2, -0.15) is 0 Å². The first-order chi connectivity index (χ1) is 14.4. The van der Waals surface area contributed by atoms with Crippen LogP contribution >= 0.6 is 23.2 Å². The van der Waals surface area contributed by atoms with Crippen LogP contribution in [0.3, 0.4) is 0 Å². The molecule has 0 radical (unpaired) electrons. The van der Waals surface area contributed by atoms with E-state index in [9.17, 15) is 14.9 Å². The number of anilines is 1. The number of benzene rings is 3.